The molecule has 1 unspecified atom stereocenters. The van der Waals surface area contributed by atoms with Crippen LogP contribution in [0.25, 0.3) is 0 Å². The third kappa shape index (κ3) is 38.0. The molecule has 10 heteroatoms. The Bertz CT molecular complexity index is 991. The number of rotatable bonds is 38. The first-order valence-corrected chi connectivity index (χ1v) is 22.2. The molecule has 0 bridgehead atoms. The molecule has 2 atom stereocenters. The van der Waals surface area contributed by atoms with Gasteiger partial charge in [0.25, 0.3) is 7.82 Å². The molecule has 0 aliphatic heterocycles. The van der Waals surface area contributed by atoms with Crippen molar-refractivity contribution in [1.29, 1.82) is 0 Å². The van der Waals surface area contributed by atoms with Gasteiger partial charge in [-0.3, -0.25) is 14.2 Å². The van der Waals surface area contributed by atoms with Gasteiger partial charge in [-0.1, -0.05) is 135 Å². The number of likely N-dealkylation sites (N-methyl/N-ethyl adjacent to an activating group) is 1. The minimum absolute atomic E-state index is 0.000628. The standard InChI is InChI=1S/C42H78NO8P/c1-6-8-10-11-12-13-14-15-16-17-21-24-27-31-36-48-38-41(39-50-52(46,47)49-37-35-43(3,4)5)51-42(45)34-30-26-23-20-18-19-22-25-29-33-40(44)32-28-9-7-2/h22,25,29,31,33,36,41H,6-21,23-24,26-28,30,32,34-35,37-39H2,1-5H3/b25-22-,33-29+,36-31+/t41-/m1/s1. The molecule has 0 N–H and O–H groups in total. The van der Waals surface area contributed by atoms with Crippen LogP contribution in [0.3, 0.4) is 0 Å². The van der Waals surface area contributed by atoms with Gasteiger partial charge < -0.3 is 27.9 Å². The van der Waals surface area contributed by atoms with Gasteiger partial charge in [-0.15, -0.1) is 0 Å². The number of esters is 1. The number of quaternary nitrogens is 1. The lowest BCUT2D eigenvalue weighted by atomic mass is 10.0. The van der Waals surface area contributed by atoms with E-state index >= 15 is 0 Å². The maximum Gasteiger partial charge on any atom is 0.306 e. The topological polar surface area (TPSA) is 111 Å². The summed E-state index contributed by atoms with van der Waals surface area (Å²) in [5.74, 6) is -0.214. The van der Waals surface area contributed by atoms with Gasteiger partial charge in [-0.25, -0.2) is 0 Å². The summed E-state index contributed by atoms with van der Waals surface area (Å²) in [6.45, 7) is 4.52. The van der Waals surface area contributed by atoms with Crippen LogP contribution in [0.4, 0.5) is 0 Å². The Balaban J connectivity index is 4.40. The second kappa shape index (κ2) is 35.0. The molecule has 0 fully saturated rings. The molecule has 0 rings (SSSR count). The summed E-state index contributed by atoms with van der Waals surface area (Å²) in [6, 6.07) is 0. The quantitative estimate of drug-likeness (QED) is 0.0116. The van der Waals surface area contributed by atoms with Gasteiger partial charge in [0.15, 0.2) is 11.9 Å². The van der Waals surface area contributed by atoms with Crippen LogP contribution in [0.5, 0.6) is 0 Å². The third-order valence-electron chi connectivity index (χ3n) is 8.73. The first kappa shape index (κ1) is 50.2. The molecule has 304 valence electrons. The molecule has 0 amide bonds. The average Bonchev–Trinajstić information content (AvgIpc) is 3.08. The molecular weight excluding hydrogens is 677 g/mol. The number of phosphoric ester groups is 1. The van der Waals surface area contributed by atoms with Gasteiger partial charge in [0.2, 0.25) is 0 Å². The summed E-state index contributed by atoms with van der Waals surface area (Å²) in [5, 5.41) is 0. The fourth-order valence-electron chi connectivity index (χ4n) is 5.43. The van der Waals surface area contributed by atoms with E-state index in [1.54, 1.807) is 12.3 Å². The van der Waals surface area contributed by atoms with Crippen molar-refractivity contribution in [1.82, 2.24) is 0 Å². The number of phosphoric acid groups is 1. The molecule has 0 radical (unpaired) electrons. The number of ketones is 1. The van der Waals surface area contributed by atoms with E-state index in [9.17, 15) is 19.0 Å². The molecule has 0 saturated carbocycles. The smallest absolute Gasteiger partial charge is 0.306 e. The van der Waals surface area contributed by atoms with Gasteiger partial charge in [0, 0.05) is 12.8 Å². The van der Waals surface area contributed by atoms with Crippen molar-refractivity contribution < 1.29 is 42.1 Å². The van der Waals surface area contributed by atoms with Crippen molar-refractivity contribution in [3.63, 3.8) is 0 Å². The second-order valence-electron chi connectivity index (χ2n) is 15.1. The van der Waals surface area contributed by atoms with E-state index in [-0.39, 0.29) is 32.0 Å². The van der Waals surface area contributed by atoms with E-state index in [4.69, 9.17) is 18.5 Å². The molecule has 0 aliphatic carbocycles. The first-order valence-electron chi connectivity index (χ1n) is 20.7. The number of carbonyl (C=O) groups is 2. The fourth-order valence-corrected chi connectivity index (χ4v) is 6.16. The first-order chi connectivity index (χ1) is 25.0. The molecule has 0 aromatic carbocycles. The molecule has 0 saturated heterocycles. The summed E-state index contributed by atoms with van der Waals surface area (Å²) in [6.07, 6.45) is 36.5. The number of unbranched alkanes of at least 4 members (excludes halogenated alkanes) is 19. The van der Waals surface area contributed by atoms with Gasteiger partial charge in [-0.05, 0) is 50.7 Å². The van der Waals surface area contributed by atoms with E-state index in [1.807, 2.05) is 39.4 Å². The predicted octanol–water partition coefficient (Wildman–Crippen LogP) is 10.7. The molecule has 0 aromatic heterocycles. The molecule has 52 heavy (non-hydrogen) atoms. The van der Waals surface area contributed by atoms with Crippen LogP contribution in [0.15, 0.2) is 36.6 Å². The SMILES string of the molecule is CCCCCCCCCCCCCC/C=C/OC[C@H](COP(=O)([O-])OCC[N+](C)(C)C)OC(=O)CCCCCCC/C=C\C=C\C(=O)CCCCC. The highest BCUT2D eigenvalue weighted by atomic mass is 31.2. The molecule has 0 aliphatic rings. The van der Waals surface area contributed by atoms with Crippen LogP contribution < -0.4 is 4.89 Å². The van der Waals surface area contributed by atoms with Crippen molar-refractivity contribution in [3.05, 3.63) is 36.6 Å². The van der Waals surface area contributed by atoms with Crippen LogP contribution in [0.2, 0.25) is 0 Å². The summed E-state index contributed by atoms with van der Waals surface area (Å²) < 4.78 is 34.2. The summed E-state index contributed by atoms with van der Waals surface area (Å²) in [7, 11) is 1.27. The lowest BCUT2D eigenvalue weighted by Crippen LogP contribution is -2.37. The number of nitrogens with zero attached hydrogens (tertiary/aromatic N) is 1. The Morgan fingerprint density at radius 3 is 1.77 bits per heavy atom. The lowest BCUT2D eigenvalue weighted by Gasteiger charge is -2.28. The number of carbonyl (C=O) groups excluding carboxylic acids is 2. The Hall–Kier alpha value is -1.77. The minimum atomic E-state index is -4.56. The summed E-state index contributed by atoms with van der Waals surface area (Å²) >= 11 is 0. The number of allylic oxidation sites excluding steroid dienone is 5. The lowest BCUT2D eigenvalue weighted by molar-refractivity contribution is -0.870. The Morgan fingerprint density at radius 2 is 1.17 bits per heavy atom. The zero-order valence-corrected chi connectivity index (χ0v) is 34.9. The van der Waals surface area contributed by atoms with Crippen molar-refractivity contribution in [3.8, 4) is 0 Å². The molecule has 0 spiro atoms. The summed E-state index contributed by atoms with van der Waals surface area (Å²) in [4.78, 5) is 36.7. The van der Waals surface area contributed by atoms with Crippen LogP contribution in [-0.4, -0.2) is 69.8 Å². The average molecular weight is 756 g/mol. The zero-order valence-electron chi connectivity index (χ0n) is 34.0. The predicted molar refractivity (Wildman–Crippen MR) is 213 cm³/mol. The maximum absolute atomic E-state index is 12.6. The zero-order chi connectivity index (χ0) is 38.6. The highest BCUT2D eigenvalue weighted by molar-refractivity contribution is 7.45. The van der Waals surface area contributed by atoms with Gasteiger partial charge in [-0.2, -0.15) is 0 Å². The van der Waals surface area contributed by atoms with Crippen molar-refractivity contribution in [2.45, 2.75) is 174 Å². The van der Waals surface area contributed by atoms with E-state index < -0.39 is 19.9 Å². The van der Waals surface area contributed by atoms with E-state index in [0.29, 0.717) is 23.9 Å². The Morgan fingerprint density at radius 1 is 0.654 bits per heavy atom. The summed E-state index contributed by atoms with van der Waals surface area (Å²) in [5.41, 5.74) is 0. The van der Waals surface area contributed by atoms with E-state index in [1.165, 1.54) is 70.6 Å². The Kier molecular flexibility index (Phi) is 33.8. The van der Waals surface area contributed by atoms with Gasteiger partial charge in [0.05, 0.1) is 34.0 Å². The molecule has 0 heterocycles. The maximum atomic E-state index is 12.6. The molecule has 9 nitrogen and oxygen atoms in total. The van der Waals surface area contributed by atoms with Crippen molar-refractivity contribution in [2.75, 3.05) is 47.5 Å². The van der Waals surface area contributed by atoms with E-state index in [2.05, 4.69) is 19.9 Å². The van der Waals surface area contributed by atoms with Crippen LogP contribution in [-0.2, 0) is 32.7 Å². The number of hydrogen-bond acceptors (Lipinski definition) is 8. The fraction of sp³-hybridized carbons (Fsp3) is 0.810. The molecular formula is C42H78NO8P. The second-order valence-corrected chi connectivity index (χ2v) is 16.5. The highest BCUT2D eigenvalue weighted by Crippen LogP contribution is 2.38. The number of hydrogen-bond donors (Lipinski definition) is 0. The number of ether oxygens (including phenoxy) is 2. The highest BCUT2D eigenvalue weighted by Gasteiger charge is 2.20. The van der Waals surface area contributed by atoms with Crippen LogP contribution in [0.1, 0.15) is 168 Å². The van der Waals surface area contributed by atoms with Crippen molar-refractivity contribution in [2.24, 2.45) is 0 Å². The largest absolute Gasteiger partial charge is 0.756 e. The third-order valence-corrected chi connectivity index (χ3v) is 9.70. The van der Waals surface area contributed by atoms with Crippen molar-refractivity contribution >= 4 is 19.6 Å². The van der Waals surface area contributed by atoms with E-state index in [0.717, 1.165) is 64.2 Å². The Labute approximate surface area is 319 Å². The molecule has 0 aromatic rings. The van der Waals surface area contributed by atoms with Gasteiger partial charge >= 0.3 is 5.97 Å². The van der Waals surface area contributed by atoms with Gasteiger partial charge in [0.1, 0.15) is 19.8 Å². The van der Waals surface area contributed by atoms with Crippen LogP contribution >= 0.6 is 7.82 Å². The monoisotopic (exact) mass is 756 g/mol. The minimum Gasteiger partial charge on any atom is -0.756 e. The van der Waals surface area contributed by atoms with Crippen LogP contribution in [0, 0.1) is 0 Å². The normalized spacial score (nSPS) is 14.0.